The van der Waals surface area contributed by atoms with Gasteiger partial charge in [-0.25, -0.2) is 9.37 Å². The molecule has 1 aliphatic heterocycles. The fourth-order valence-corrected chi connectivity index (χ4v) is 4.04. The number of anilines is 1. The van der Waals surface area contributed by atoms with Crippen molar-refractivity contribution in [1.29, 1.82) is 0 Å². The van der Waals surface area contributed by atoms with Crippen molar-refractivity contribution in [1.82, 2.24) is 15.2 Å². The predicted octanol–water partition coefficient (Wildman–Crippen LogP) is 3.96. The number of aliphatic imine (C=N–C) groups is 1. The molecule has 0 unspecified atom stereocenters. The molecular weight excluding hydrogens is 488 g/mol. The molecule has 1 N–H and O–H groups in total. The van der Waals surface area contributed by atoms with Crippen LogP contribution >= 0.6 is 35.3 Å². The summed E-state index contributed by atoms with van der Waals surface area (Å²) in [4.78, 5) is 13.7. The normalized spacial score (nSPS) is 15.0. The number of guanidine groups is 1. The molecule has 2 aromatic rings. The highest BCUT2D eigenvalue weighted by Gasteiger charge is 2.19. The van der Waals surface area contributed by atoms with Gasteiger partial charge in [0.05, 0.1) is 10.7 Å². The molecule has 1 fully saturated rings. The molecule has 1 saturated heterocycles. The third-order valence-corrected chi connectivity index (χ3v) is 5.90. The Morgan fingerprint density at radius 2 is 1.89 bits per heavy atom. The molecule has 0 saturated carbocycles. The average Bonchev–Trinajstić information content (AvgIpc) is 3.15. The zero-order chi connectivity index (χ0) is 19.2. The molecule has 0 atom stereocenters. The van der Waals surface area contributed by atoms with Crippen molar-refractivity contribution in [2.45, 2.75) is 26.2 Å². The van der Waals surface area contributed by atoms with Gasteiger partial charge in [-0.05, 0) is 24.3 Å². The van der Waals surface area contributed by atoms with E-state index in [9.17, 15) is 4.39 Å². The van der Waals surface area contributed by atoms with E-state index in [1.807, 2.05) is 19.2 Å². The average molecular weight is 517 g/mol. The molecule has 0 radical (unpaired) electrons. The number of aromatic nitrogens is 1. The Balaban J connectivity index is 0.00000280. The molecule has 0 amide bonds. The van der Waals surface area contributed by atoms with Gasteiger partial charge in [0.25, 0.3) is 0 Å². The van der Waals surface area contributed by atoms with E-state index in [1.54, 1.807) is 11.3 Å². The van der Waals surface area contributed by atoms with Crippen LogP contribution in [0.25, 0.3) is 0 Å². The number of benzene rings is 1. The first-order valence-corrected chi connectivity index (χ1v) is 10.3. The Morgan fingerprint density at radius 1 is 1.21 bits per heavy atom. The van der Waals surface area contributed by atoms with Crippen LogP contribution in [0.2, 0.25) is 0 Å². The molecule has 1 aromatic heterocycles. The molecule has 0 aliphatic carbocycles. The number of nitrogens with zero attached hydrogens (tertiary/aromatic N) is 4. The van der Waals surface area contributed by atoms with E-state index in [1.165, 1.54) is 17.1 Å². The van der Waals surface area contributed by atoms with Gasteiger partial charge in [0.15, 0.2) is 5.96 Å². The summed E-state index contributed by atoms with van der Waals surface area (Å²) in [6.45, 7) is 8.76. The molecule has 1 aliphatic rings. The van der Waals surface area contributed by atoms with Crippen molar-refractivity contribution < 1.29 is 4.39 Å². The van der Waals surface area contributed by atoms with Crippen LogP contribution < -0.4 is 10.2 Å². The first kappa shape index (κ1) is 22.9. The standard InChI is InChI=1S/C20H28FN5S.HI/c1-15(2)19-24-17(14-27-19)8-9-23-20(22-3)26-12-10-25(11-13-26)18-6-4-16(21)5-7-18;/h4-7,14-15H,8-13H2,1-3H3,(H,22,23);1H. The van der Waals surface area contributed by atoms with Gasteiger partial charge in [-0.1, -0.05) is 13.8 Å². The molecule has 0 bridgehead atoms. The van der Waals surface area contributed by atoms with Gasteiger partial charge < -0.3 is 15.1 Å². The first-order valence-electron chi connectivity index (χ1n) is 9.47. The number of hydrogen-bond acceptors (Lipinski definition) is 4. The second-order valence-corrected chi connectivity index (χ2v) is 7.90. The van der Waals surface area contributed by atoms with Gasteiger partial charge in [-0.2, -0.15) is 0 Å². The summed E-state index contributed by atoms with van der Waals surface area (Å²) in [5, 5.41) is 6.81. The van der Waals surface area contributed by atoms with Gasteiger partial charge in [-0.15, -0.1) is 35.3 Å². The number of piperazine rings is 1. The van der Waals surface area contributed by atoms with E-state index in [4.69, 9.17) is 0 Å². The molecule has 8 heteroatoms. The monoisotopic (exact) mass is 517 g/mol. The van der Waals surface area contributed by atoms with Crippen molar-refractivity contribution in [3.05, 3.63) is 46.2 Å². The molecule has 1 aromatic carbocycles. The Labute approximate surface area is 188 Å². The van der Waals surface area contributed by atoms with Gasteiger partial charge in [0.2, 0.25) is 0 Å². The largest absolute Gasteiger partial charge is 0.368 e. The van der Waals surface area contributed by atoms with Crippen molar-refractivity contribution in [3.63, 3.8) is 0 Å². The lowest BCUT2D eigenvalue weighted by Crippen LogP contribution is -2.52. The van der Waals surface area contributed by atoms with Crippen LogP contribution in [0, 0.1) is 5.82 Å². The number of thiazole rings is 1. The fraction of sp³-hybridized carbons (Fsp3) is 0.500. The van der Waals surface area contributed by atoms with Crippen molar-refractivity contribution >= 4 is 47.0 Å². The fourth-order valence-electron chi connectivity index (χ4n) is 3.17. The molecule has 0 spiro atoms. The summed E-state index contributed by atoms with van der Waals surface area (Å²) in [6, 6.07) is 6.73. The van der Waals surface area contributed by atoms with Crippen LogP contribution in [0.15, 0.2) is 34.6 Å². The first-order chi connectivity index (χ1) is 13.1. The minimum Gasteiger partial charge on any atom is -0.368 e. The van der Waals surface area contributed by atoms with E-state index < -0.39 is 0 Å². The zero-order valence-corrected chi connectivity index (χ0v) is 19.8. The molecule has 5 nitrogen and oxygen atoms in total. The second kappa shape index (κ2) is 10.9. The Bertz CT molecular complexity index is 754. The summed E-state index contributed by atoms with van der Waals surface area (Å²) in [5.41, 5.74) is 2.22. The molecule has 28 heavy (non-hydrogen) atoms. The summed E-state index contributed by atoms with van der Waals surface area (Å²) >= 11 is 1.74. The van der Waals surface area contributed by atoms with Crippen LogP contribution in [0.5, 0.6) is 0 Å². The zero-order valence-electron chi connectivity index (χ0n) is 16.7. The Morgan fingerprint density at radius 3 is 2.46 bits per heavy atom. The topological polar surface area (TPSA) is 43.8 Å². The maximum atomic E-state index is 13.1. The number of nitrogens with one attached hydrogen (secondary N) is 1. The van der Waals surface area contributed by atoms with Gasteiger partial charge in [-0.3, -0.25) is 4.99 Å². The number of hydrogen-bond donors (Lipinski definition) is 1. The highest BCUT2D eigenvalue weighted by Crippen LogP contribution is 2.19. The van der Waals surface area contributed by atoms with Crippen LogP contribution in [0.1, 0.15) is 30.5 Å². The number of halogens is 2. The van der Waals surface area contributed by atoms with Crippen LogP contribution in [-0.4, -0.2) is 55.6 Å². The smallest absolute Gasteiger partial charge is 0.193 e. The van der Waals surface area contributed by atoms with Crippen molar-refractivity contribution in [3.8, 4) is 0 Å². The molecule has 154 valence electrons. The van der Waals surface area contributed by atoms with E-state index in [0.717, 1.165) is 56.5 Å². The maximum absolute atomic E-state index is 13.1. The summed E-state index contributed by atoms with van der Waals surface area (Å²) in [7, 11) is 1.83. The van der Waals surface area contributed by atoms with Crippen LogP contribution in [0.4, 0.5) is 10.1 Å². The third-order valence-electron chi connectivity index (χ3n) is 4.71. The molecular formula is C20H29FIN5S. The van der Waals surface area contributed by atoms with Crippen LogP contribution in [-0.2, 0) is 6.42 Å². The Kier molecular flexibility index (Phi) is 8.94. The summed E-state index contributed by atoms with van der Waals surface area (Å²) in [6.07, 6.45) is 0.901. The lowest BCUT2D eigenvalue weighted by atomic mass is 10.2. The quantitative estimate of drug-likeness (QED) is 0.371. The van der Waals surface area contributed by atoms with Gasteiger partial charge >= 0.3 is 0 Å². The highest BCUT2D eigenvalue weighted by molar-refractivity contribution is 14.0. The van der Waals surface area contributed by atoms with Crippen molar-refractivity contribution in [2.75, 3.05) is 44.7 Å². The van der Waals surface area contributed by atoms with E-state index >= 15 is 0 Å². The minimum atomic E-state index is -0.192. The highest BCUT2D eigenvalue weighted by atomic mass is 127. The Hall–Kier alpha value is -1.42. The molecule has 3 rings (SSSR count). The minimum absolute atomic E-state index is 0. The van der Waals surface area contributed by atoms with E-state index in [-0.39, 0.29) is 29.8 Å². The van der Waals surface area contributed by atoms with Gasteiger partial charge in [0, 0.05) is 63.2 Å². The van der Waals surface area contributed by atoms with Gasteiger partial charge in [0.1, 0.15) is 5.82 Å². The SMILES string of the molecule is CN=C(NCCc1csc(C(C)C)n1)N1CCN(c2ccc(F)cc2)CC1.I. The predicted molar refractivity (Wildman–Crippen MR) is 127 cm³/mol. The maximum Gasteiger partial charge on any atom is 0.193 e. The van der Waals surface area contributed by atoms with Crippen molar-refractivity contribution in [2.24, 2.45) is 4.99 Å². The summed E-state index contributed by atoms with van der Waals surface area (Å²) < 4.78 is 13.1. The summed E-state index contributed by atoms with van der Waals surface area (Å²) in [5.74, 6) is 1.23. The van der Waals surface area contributed by atoms with Crippen LogP contribution in [0.3, 0.4) is 0 Å². The van der Waals surface area contributed by atoms with E-state index in [2.05, 4.69) is 44.3 Å². The lowest BCUT2D eigenvalue weighted by molar-refractivity contribution is 0.373. The molecule has 2 heterocycles. The lowest BCUT2D eigenvalue weighted by Gasteiger charge is -2.37. The third kappa shape index (κ3) is 6.04. The number of rotatable bonds is 5. The van der Waals surface area contributed by atoms with E-state index in [0.29, 0.717) is 5.92 Å². The second-order valence-electron chi connectivity index (χ2n) is 7.01.